The summed E-state index contributed by atoms with van der Waals surface area (Å²) >= 11 is 0. The summed E-state index contributed by atoms with van der Waals surface area (Å²) in [5.74, 6) is 0. The van der Waals surface area contributed by atoms with E-state index in [1.807, 2.05) is 36.3 Å². The Morgan fingerprint density at radius 3 is 2.80 bits per heavy atom. The second-order valence-corrected chi connectivity index (χ2v) is 3.33. The average molecular weight is 202 g/mol. The van der Waals surface area contributed by atoms with E-state index < -0.39 is 0 Å². The fourth-order valence-electron chi connectivity index (χ4n) is 1.41. The van der Waals surface area contributed by atoms with Gasteiger partial charge in [0.05, 0.1) is 12.7 Å². The van der Waals surface area contributed by atoms with Crippen LogP contribution in [0.5, 0.6) is 0 Å². The topological polar surface area (TPSA) is 42.7 Å². The second kappa shape index (κ2) is 4.70. The summed E-state index contributed by atoms with van der Waals surface area (Å²) in [5, 5.41) is 7.38. The minimum Gasteiger partial charge on any atom is -0.318 e. The molecule has 0 bridgehead atoms. The summed E-state index contributed by atoms with van der Waals surface area (Å²) in [6, 6.07) is 3.97. The summed E-state index contributed by atoms with van der Waals surface area (Å²) in [6.45, 7) is 1.82. The molecule has 0 aliphatic heterocycles. The summed E-state index contributed by atoms with van der Waals surface area (Å²) in [4.78, 5) is 3.99. The molecule has 2 heterocycles. The van der Waals surface area contributed by atoms with Gasteiger partial charge in [-0.15, -0.1) is 0 Å². The Balaban J connectivity index is 2.14. The standard InChI is InChI=1S/C11H14N4/c1-12-6-7-15-9-11(8-14-15)10-2-4-13-5-3-10/h2-5,8-9,12H,6-7H2,1H3. The summed E-state index contributed by atoms with van der Waals surface area (Å²) in [7, 11) is 1.94. The largest absolute Gasteiger partial charge is 0.318 e. The molecule has 0 aliphatic rings. The Morgan fingerprint density at radius 2 is 2.07 bits per heavy atom. The minimum absolute atomic E-state index is 0.890. The molecule has 4 heteroatoms. The normalized spacial score (nSPS) is 10.5. The van der Waals surface area contributed by atoms with Crippen molar-refractivity contribution in [3.05, 3.63) is 36.9 Å². The van der Waals surface area contributed by atoms with E-state index in [0.29, 0.717) is 0 Å². The number of hydrogen-bond donors (Lipinski definition) is 1. The highest BCUT2D eigenvalue weighted by atomic mass is 15.3. The third kappa shape index (κ3) is 2.41. The van der Waals surface area contributed by atoms with Crippen LogP contribution in [0.1, 0.15) is 0 Å². The molecule has 0 radical (unpaired) electrons. The molecule has 0 unspecified atom stereocenters. The fourth-order valence-corrected chi connectivity index (χ4v) is 1.41. The SMILES string of the molecule is CNCCn1cc(-c2ccncc2)cn1. The molecule has 0 aromatic carbocycles. The van der Waals surface area contributed by atoms with E-state index in [-0.39, 0.29) is 0 Å². The molecule has 0 fully saturated rings. The van der Waals surface area contributed by atoms with Crippen molar-refractivity contribution in [2.45, 2.75) is 6.54 Å². The molecule has 2 rings (SSSR count). The highest BCUT2D eigenvalue weighted by Gasteiger charge is 2.00. The Hall–Kier alpha value is -1.68. The Morgan fingerprint density at radius 1 is 1.27 bits per heavy atom. The van der Waals surface area contributed by atoms with Gasteiger partial charge < -0.3 is 5.32 Å². The van der Waals surface area contributed by atoms with Crippen molar-refractivity contribution in [3.8, 4) is 11.1 Å². The van der Waals surface area contributed by atoms with Crippen molar-refractivity contribution < 1.29 is 0 Å². The second-order valence-electron chi connectivity index (χ2n) is 3.33. The zero-order valence-corrected chi connectivity index (χ0v) is 8.72. The van der Waals surface area contributed by atoms with Crippen LogP contribution in [0.25, 0.3) is 11.1 Å². The van der Waals surface area contributed by atoms with Gasteiger partial charge in [-0.1, -0.05) is 0 Å². The number of rotatable bonds is 4. The zero-order chi connectivity index (χ0) is 10.5. The van der Waals surface area contributed by atoms with E-state index in [4.69, 9.17) is 0 Å². The van der Waals surface area contributed by atoms with Crippen molar-refractivity contribution in [3.63, 3.8) is 0 Å². The predicted octanol–water partition coefficient (Wildman–Crippen LogP) is 1.16. The number of pyridine rings is 1. The highest BCUT2D eigenvalue weighted by Crippen LogP contribution is 2.16. The third-order valence-corrected chi connectivity index (χ3v) is 2.24. The van der Waals surface area contributed by atoms with E-state index in [0.717, 1.165) is 24.2 Å². The van der Waals surface area contributed by atoms with Crippen LogP contribution in [0.2, 0.25) is 0 Å². The molecule has 0 saturated carbocycles. The molecule has 78 valence electrons. The number of hydrogen-bond acceptors (Lipinski definition) is 3. The lowest BCUT2D eigenvalue weighted by Crippen LogP contribution is -2.14. The van der Waals surface area contributed by atoms with E-state index in [2.05, 4.69) is 15.4 Å². The van der Waals surface area contributed by atoms with Gasteiger partial charge in [-0.25, -0.2) is 0 Å². The van der Waals surface area contributed by atoms with Crippen molar-refractivity contribution in [1.29, 1.82) is 0 Å². The first kappa shape index (κ1) is 9.86. The molecular weight excluding hydrogens is 188 g/mol. The highest BCUT2D eigenvalue weighted by molar-refractivity contribution is 5.60. The molecule has 0 spiro atoms. The van der Waals surface area contributed by atoms with E-state index in [9.17, 15) is 0 Å². The molecule has 15 heavy (non-hydrogen) atoms. The lowest BCUT2D eigenvalue weighted by Gasteiger charge is -1.99. The molecule has 0 saturated heterocycles. The monoisotopic (exact) mass is 202 g/mol. The first-order chi connectivity index (χ1) is 7.40. The number of nitrogens with one attached hydrogen (secondary N) is 1. The van der Waals surface area contributed by atoms with Gasteiger partial charge in [-0.05, 0) is 24.7 Å². The Bertz CT molecular complexity index is 408. The van der Waals surface area contributed by atoms with Crippen LogP contribution < -0.4 is 5.32 Å². The number of nitrogens with zero attached hydrogens (tertiary/aromatic N) is 3. The van der Waals surface area contributed by atoms with E-state index in [1.54, 1.807) is 12.4 Å². The van der Waals surface area contributed by atoms with Gasteiger partial charge in [-0.3, -0.25) is 9.67 Å². The summed E-state index contributed by atoms with van der Waals surface area (Å²) in [6.07, 6.45) is 7.51. The lowest BCUT2D eigenvalue weighted by molar-refractivity contribution is 0.585. The smallest absolute Gasteiger partial charge is 0.0568 e. The number of aromatic nitrogens is 3. The van der Waals surface area contributed by atoms with Gasteiger partial charge in [-0.2, -0.15) is 5.10 Å². The van der Waals surface area contributed by atoms with Gasteiger partial charge in [0.15, 0.2) is 0 Å². The maximum atomic E-state index is 4.29. The van der Waals surface area contributed by atoms with Crippen LogP contribution in [0.3, 0.4) is 0 Å². The van der Waals surface area contributed by atoms with Crippen LogP contribution in [0, 0.1) is 0 Å². The van der Waals surface area contributed by atoms with Crippen LogP contribution in [-0.4, -0.2) is 28.4 Å². The van der Waals surface area contributed by atoms with Crippen molar-refractivity contribution in [2.24, 2.45) is 0 Å². The van der Waals surface area contributed by atoms with Gasteiger partial charge in [0.1, 0.15) is 0 Å². The minimum atomic E-state index is 0.890. The van der Waals surface area contributed by atoms with Gasteiger partial charge in [0, 0.05) is 30.7 Å². The molecule has 0 aliphatic carbocycles. The molecule has 1 N–H and O–H groups in total. The quantitative estimate of drug-likeness (QED) is 0.809. The Labute approximate surface area is 89.0 Å². The number of likely N-dealkylation sites (N-methyl/N-ethyl adjacent to an activating group) is 1. The van der Waals surface area contributed by atoms with E-state index in [1.165, 1.54) is 0 Å². The van der Waals surface area contributed by atoms with Gasteiger partial charge in [0.25, 0.3) is 0 Å². The fraction of sp³-hybridized carbons (Fsp3) is 0.273. The van der Waals surface area contributed by atoms with Gasteiger partial charge in [0.2, 0.25) is 0 Å². The van der Waals surface area contributed by atoms with Gasteiger partial charge >= 0.3 is 0 Å². The summed E-state index contributed by atoms with van der Waals surface area (Å²) in [5.41, 5.74) is 2.29. The predicted molar refractivity (Wildman–Crippen MR) is 59.4 cm³/mol. The van der Waals surface area contributed by atoms with Crippen molar-refractivity contribution in [2.75, 3.05) is 13.6 Å². The van der Waals surface area contributed by atoms with Crippen LogP contribution in [0.15, 0.2) is 36.9 Å². The van der Waals surface area contributed by atoms with Crippen molar-refractivity contribution >= 4 is 0 Å². The maximum Gasteiger partial charge on any atom is 0.0568 e. The first-order valence-corrected chi connectivity index (χ1v) is 4.97. The Kier molecular flexibility index (Phi) is 3.09. The third-order valence-electron chi connectivity index (χ3n) is 2.24. The average Bonchev–Trinajstić information content (AvgIpc) is 2.76. The molecule has 4 nitrogen and oxygen atoms in total. The zero-order valence-electron chi connectivity index (χ0n) is 8.72. The molecule has 2 aromatic rings. The molecule has 2 aromatic heterocycles. The lowest BCUT2D eigenvalue weighted by atomic mass is 10.1. The van der Waals surface area contributed by atoms with Crippen LogP contribution >= 0.6 is 0 Å². The van der Waals surface area contributed by atoms with Crippen LogP contribution in [0.4, 0.5) is 0 Å². The molecule has 0 amide bonds. The molecular formula is C11H14N4. The van der Waals surface area contributed by atoms with E-state index >= 15 is 0 Å². The van der Waals surface area contributed by atoms with Crippen molar-refractivity contribution in [1.82, 2.24) is 20.1 Å². The maximum absolute atomic E-state index is 4.29. The first-order valence-electron chi connectivity index (χ1n) is 4.97. The molecule has 0 atom stereocenters. The summed E-state index contributed by atoms with van der Waals surface area (Å²) < 4.78 is 1.94. The van der Waals surface area contributed by atoms with Crippen LogP contribution in [-0.2, 0) is 6.54 Å².